The maximum Gasteiger partial charge on any atom is 0.303 e. The molecule has 0 saturated carbocycles. The smallest absolute Gasteiger partial charge is 0.303 e. The average molecular weight is 180 g/mol. The number of aromatic nitrogens is 2. The topological polar surface area (TPSA) is 63.1 Å². The van der Waals surface area contributed by atoms with E-state index in [2.05, 4.69) is 9.97 Å². The van der Waals surface area contributed by atoms with Gasteiger partial charge in [-0.2, -0.15) is 0 Å². The van der Waals surface area contributed by atoms with Crippen molar-refractivity contribution in [1.82, 2.24) is 9.97 Å². The number of aryl methyl sites for hydroxylation is 2. The summed E-state index contributed by atoms with van der Waals surface area (Å²) in [5.41, 5.74) is 0.800. The second-order valence-electron chi connectivity index (χ2n) is 2.71. The van der Waals surface area contributed by atoms with E-state index in [1.54, 1.807) is 12.3 Å². The van der Waals surface area contributed by atoms with Gasteiger partial charge in [0.2, 0.25) is 0 Å². The SMILES string of the molecule is CCc1nccc(CCC(=O)O)n1. The summed E-state index contributed by atoms with van der Waals surface area (Å²) in [4.78, 5) is 18.5. The molecule has 0 spiro atoms. The zero-order chi connectivity index (χ0) is 9.68. The van der Waals surface area contributed by atoms with E-state index in [0.29, 0.717) is 6.42 Å². The molecular weight excluding hydrogens is 168 g/mol. The zero-order valence-corrected chi connectivity index (χ0v) is 7.53. The minimum Gasteiger partial charge on any atom is -0.481 e. The van der Waals surface area contributed by atoms with Gasteiger partial charge in [-0.25, -0.2) is 9.97 Å². The van der Waals surface area contributed by atoms with Crippen LogP contribution in [0.1, 0.15) is 24.9 Å². The van der Waals surface area contributed by atoms with Crippen molar-refractivity contribution in [2.75, 3.05) is 0 Å². The molecule has 1 heterocycles. The third kappa shape index (κ3) is 3.19. The minimum absolute atomic E-state index is 0.125. The molecule has 0 fully saturated rings. The lowest BCUT2D eigenvalue weighted by Crippen LogP contribution is -2.01. The lowest BCUT2D eigenvalue weighted by atomic mass is 10.2. The minimum atomic E-state index is -0.795. The Morgan fingerprint density at radius 2 is 2.38 bits per heavy atom. The number of hydrogen-bond donors (Lipinski definition) is 1. The van der Waals surface area contributed by atoms with Crippen LogP contribution < -0.4 is 0 Å². The largest absolute Gasteiger partial charge is 0.481 e. The zero-order valence-electron chi connectivity index (χ0n) is 7.53. The first-order chi connectivity index (χ1) is 6.22. The van der Waals surface area contributed by atoms with Crippen LogP contribution in [0.5, 0.6) is 0 Å². The monoisotopic (exact) mass is 180 g/mol. The van der Waals surface area contributed by atoms with Crippen molar-refractivity contribution < 1.29 is 9.90 Å². The van der Waals surface area contributed by atoms with Gasteiger partial charge in [-0.15, -0.1) is 0 Å². The van der Waals surface area contributed by atoms with E-state index in [4.69, 9.17) is 5.11 Å². The molecule has 1 aromatic heterocycles. The van der Waals surface area contributed by atoms with Crippen LogP contribution in [0.3, 0.4) is 0 Å². The fourth-order valence-electron chi connectivity index (χ4n) is 0.986. The third-order valence-electron chi connectivity index (χ3n) is 1.67. The Morgan fingerprint density at radius 1 is 1.62 bits per heavy atom. The van der Waals surface area contributed by atoms with Crippen LogP contribution in [0.2, 0.25) is 0 Å². The second-order valence-corrected chi connectivity index (χ2v) is 2.71. The summed E-state index contributed by atoms with van der Waals surface area (Å²) in [6.07, 6.45) is 3.05. The lowest BCUT2D eigenvalue weighted by molar-refractivity contribution is -0.136. The molecule has 0 bridgehead atoms. The Bertz CT molecular complexity index is 299. The summed E-state index contributed by atoms with van der Waals surface area (Å²) in [7, 11) is 0. The highest BCUT2D eigenvalue weighted by molar-refractivity contribution is 5.66. The molecule has 0 amide bonds. The van der Waals surface area contributed by atoms with Crippen LogP contribution in [-0.4, -0.2) is 21.0 Å². The maximum absolute atomic E-state index is 10.3. The van der Waals surface area contributed by atoms with Crippen LogP contribution >= 0.6 is 0 Å². The molecule has 13 heavy (non-hydrogen) atoms. The highest BCUT2D eigenvalue weighted by Crippen LogP contribution is 2.00. The molecule has 0 aromatic carbocycles. The first-order valence-corrected chi connectivity index (χ1v) is 4.25. The fraction of sp³-hybridized carbons (Fsp3) is 0.444. The Morgan fingerprint density at radius 3 is 3.00 bits per heavy atom. The molecule has 0 unspecified atom stereocenters. The van der Waals surface area contributed by atoms with Crippen molar-refractivity contribution in [3.8, 4) is 0 Å². The van der Waals surface area contributed by atoms with Gasteiger partial charge in [0.15, 0.2) is 0 Å². The van der Waals surface area contributed by atoms with Crippen LogP contribution in [0, 0.1) is 0 Å². The average Bonchev–Trinajstić information content (AvgIpc) is 2.15. The van der Waals surface area contributed by atoms with E-state index in [0.717, 1.165) is 17.9 Å². The van der Waals surface area contributed by atoms with E-state index in [1.807, 2.05) is 6.92 Å². The van der Waals surface area contributed by atoms with Gasteiger partial charge in [-0.1, -0.05) is 6.92 Å². The number of hydrogen-bond acceptors (Lipinski definition) is 3. The Labute approximate surface area is 76.7 Å². The van der Waals surface area contributed by atoms with Crippen molar-refractivity contribution in [3.63, 3.8) is 0 Å². The molecule has 0 saturated heterocycles. The molecule has 0 atom stereocenters. The van der Waals surface area contributed by atoms with Gasteiger partial charge in [0, 0.05) is 24.7 Å². The fourth-order valence-corrected chi connectivity index (χ4v) is 0.986. The van der Waals surface area contributed by atoms with E-state index >= 15 is 0 Å². The summed E-state index contributed by atoms with van der Waals surface area (Å²) in [5.74, 6) is -0.0282. The molecule has 70 valence electrons. The summed E-state index contributed by atoms with van der Waals surface area (Å²) in [6.45, 7) is 1.97. The predicted molar refractivity (Wildman–Crippen MR) is 47.4 cm³/mol. The van der Waals surface area contributed by atoms with E-state index in [1.165, 1.54) is 0 Å². The van der Waals surface area contributed by atoms with Gasteiger partial charge in [0.05, 0.1) is 6.42 Å². The molecule has 1 aromatic rings. The van der Waals surface area contributed by atoms with Gasteiger partial charge >= 0.3 is 5.97 Å². The number of rotatable bonds is 4. The summed E-state index contributed by atoms with van der Waals surface area (Å²) in [6, 6.07) is 1.75. The van der Waals surface area contributed by atoms with Crippen LogP contribution in [-0.2, 0) is 17.6 Å². The Balaban J connectivity index is 2.61. The number of carboxylic acid groups (broad SMARTS) is 1. The molecule has 1 N–H and O–H groups in total. The molecule has 4 heteroatoms. The molecule has 4 nitrogen and oxygen atoms in total. The molecular formula is C9H12N2O2. The van der Waals surface area contributed by atoms with Crippen LogP contribution in [0.25, 0.3) is 0 Å². The number of aliphatic carboxylic acids is 1. The van der Waals surface area contributed by atoms with Gasteiger partial charge in [-0.05, 0) is 6.07 Å². The van der Waals surface area contributed by atoms with Crippen molar-refractivity contribution in [1.29, 1.82) is 0 Å². The van der Waals surface area contributed by atoms with Gasteiger partial charge in [-0.3, -0.25) is 4.79 Å². The van der Waals surface area contributed by atoms with Gasteiger partial charge < -0.3 is 5.11 Å². The maximum atomic E-state index is 10.3. The quantitative estimate of drug-likeness (QED) is 0.752. The first-order valence-electron chi connectivity index (χ1n) is 4.25. The van der Waals surface area contributed by atoms with Crippen LogP contribution in [0.15, 0.2) is 12.3 Å². The highest BCUT2D eigenvalue weighted by atomic mass is 16.4. The standard InChI is InChI=1S/C9H12N2O2/c1-2-8-10-6-5-7(11-8)3-4-9(12)13/h5-6H,2-4H2,1H3,(H,12,13). The summed E-state index contributed by atoms with van der Waals surface area (Å²) < 4.78 is 0. The number of nitrogens with zero attached hydrogens (tertiary/aromatic N) is 2. The van der Waals surface area contributed by atoms with Gasteiger partial charge in [0.25, 0.3) is 0 Å². The first kappa shape index (κ1) is 9.64. The third-order valence-corrected chi connectivity index (χ3v) is 1.67. The number of carbonyl (C=O) groups is 1. The van der Waals surface area contributed by atoms with Crippen molar-refractivity contribution in [2.24, 2.45) is 0 Å². The molecule has 0 aliphatic heterocycles. The van der Waals surface area contributed by atoms with Crippen molar-refractivity contribution in [2.45, 2.75) is 26.2 Å². The van der Waals surface area contributed by atoms with Crippen LogP contribution in [0.4, 0.5) is 0 Å². The molecule has 0 radical (unpaired) electrons. The van der Waals surface area contributed by atoms with E-state index < -0.39 is 5.97 Å². The molecule has 0 aliphatic carbocycles. The van der Waals surface area contributed by atoms with Crippen molar-refractivity contribution in [3.05, 3.63) is 23.8 Å². The van der Waals surface area contributed by atoms with Gasteiger partial charge in [0.1, 0.15) is 5.82 Å². The molecule has 0 aliphatic rings. The van der Waals surface area contributed by atoms with E-state index in [-0.39, 0.29) is 6.42 Å². The van der Waals surface area contributed by atoms with Crippen molar-refractivity contribution >= 4 is 5.97 Å². The Hall–Kier alpha value is -1.45. The Kier molecular flexibility index (Phi) is 3.37. The summed E-state index contributed by atoms with van der Waals surface area (Å²) >= 11 is 0. The lowest BCUT2D eigenvalue weighted by Gasteiger charge is -1.99. The highest BCUT2D eigenvalue weighted by Gasteiger charge is 2.01. The van der Waals surface area contributed by atoms with E-state index in [9.17, 15) is 4.79 Å². The summed E-state index contributed by atoms with van der Waals surface area (Å²) in [5, 5.41) is 8.46. The molecule has 1 rings (SSSR count). The second kappa shape index (κ2) is 4.54. The number of carboxylic acids is 1. The predicted octanol–water partition coefficient (Wildman–Crippen LogP) is 1.06. The normalized spacial score (nSPS) is 9.92.